The standard InChI is InChI=1S/C8H16O4/c1-4(3-9)7-5(2)6(10)8(11)12-7/h4-11H,3H2,1-2H3/t4-,5+,6+,7-,8?/m0/s1. The zero-order valence-corrected chi connectivity index (χ0v) is 7.34. The molecule has 72 valence electrons. The van der Waals surface area contributed by atoms with Crippen LogP contribution in [0.15, 0.2) is 0 Å². The first-order valence-corrected chi connectivity index (χ1v) is 4.20. The van der Waals surface area contributed by atoms with Crippen LogP contribution in [0.25, 0.3) is 0 Å². The third-order valence-electron chi connectivity index (χ3n) is 2.49. The highest BCUT2D eigenvalue weighted by Crippen LogP contribution is 2.29. The van der Waals surface area contributed by atoms with Gasteiger partial charge in [-0.2, -0.15) is 0 Å². The first kappa shape index (κ1) is 9.92. The fourth-order valence-electron chi connectivity index (χ4n) is 1.58. The molecule has 1 heterocycles. The molecule has 12 heavy (non-hydrogen) atoms. The normalized spacial score (nSPS) is 44.8. The summed E-state index contributed by atoms with van der Waals surface area (Å²) in [7, 11) is 0. The number of hydrogen-bond donors (Lipinski definition) is 3. The van der Waals surface area contributed by atoms with E-state index in [1.807, 2.05) is 6.92 Å². The minimum atomic E-state index is -1.10. The van der Waals surface area contributed by atoms with Crippen molar-refractivity contribution in [1.82, 2.24) is 0 Å². The lowest BCUT2D eigenvalue weighted by atomic mass is 9.92. The molecule has 5 atom stereocenters. The number of ether oxygens (including phenoxy) is 1. The fraction of sp³-hybridized carbons (Fsp3) is 1.00. The number of aliphatic hydroxyl groups is 3. The van der Waals surface area contributed by atoms with Gasteiger partial charge < -0.3 is 20.1 Å². The van der Waals surface area contributed by atoms with E-state index in [1.54, 1.807) is 6.92 Å². The maximum atomic E-state index is 9.32. The molecule has 1 unspecified atom stereocenters. The second kappa shape index (κ2) is 3.70. The summed E-state index contributed by atoms with van der Waals surface area (Å²) in [6.45, 7) is 3.64. The molecule has 0 spiro atoms. The summed E-state index contributed by atoms with van der Waals surface area (Å²) in [4.78, 5) is 0. The van der Waals surface area contributed by atoms with E-state index in [2.05, 4.69) is 0 Å². The zero-order chi connectivity index (χ0) is 9.30. The fourth-order valence-corrected chi connectivity index (χ4v) is 1.58. The van der Waals surface area contributed by atoms with Gasteiger partial charge in [0.25, 0.3) is 0 Å². The molecule has 0 saturated carbocycles. The SMILES string of the molecule is C[C@H]1[C@H]([C@@H](C)CO)OC(O)[C@@H]1O. The maximum absolute atomic E-state index is 9.32. The second-order valence-corrected chi connectivity index (χ2v) is 3.50. The molecular formula is C8H16O4. The van der Waals surface area contributed by atoms with Crippen LogP contribution in [0.3, 0.4) is 0 Å². The molecule has 0 amide bonds. The van der Waals surface area contributed by atoms with Crippen LogP contribution in [0.2, 0.25) is 0 Å². The lowest BCUT2D eigenvalue weighted by Crippen LogP contribution is -2.28. The van der Waals surface area contributed by atoms with E-state index >= 15 is 0 Å². The quantitative estimate of drug-likeness (QED) is 0.522. The molecular weight excluding hydrogens is 160 g/mol. The van der Waals surface area contributed by atoms with Gasteiger partial charge in [-0.15, -0.1) is 0 Å². The average molecular weight is 176 g/mol. The molecule has 0 aromatic rings. The molecule has 4 nitrogen and oxygen atoms in total. The lowest BCUT2D eigenvalue weighted by Gasteiger charge is -2.20. The summed E-state index contributed by atoms with van der Waals surface area (Å²) >= 11 is 0. The predicted octanol–water partition coefficient (Wildman–Crippen LogP) is -0.671. The molecule has 4 heteroatoms. The average Bonchev–Trinajstić information content (AvgIpc) is 2.32. The largest absolute Gasteiger partial charge is 0.396 e. The van der Waals surface area contributed by atoms with Crippen molar-refractivity contribution in [1.29, 1.82) is 0 Å². The van der Waals surface area contributed by atoms with E-state index in [0.717, 1.165) is 0 Å². The predicted molar refractivity (Wildman–Crippen MR) is 42.3 cm³/mol. The minimum Gasteiger partial charge on any atom is -0.396 e. The molecule has 1 fully saturated rings. The van der Waals surface area contributed by atoms with Crippen molar-refractivity contribution in [3.8, 4) is 0 Å². The second-order valence-electron chi connectivity index (χ2n) is 3.50. The van der Waals surface area contributed by atoms with Crippen molar-refractivity contribution >= 4 is 0 Å². The van der Waals surface area contributed by atoms with Gasteiger partial charge in [-0.25, -0.2) is 0 Å². The van der Waals surface area contributed by atoms with Crippen LogP contribution >= 0.6 is 0 Å². The third-order valence-corrected chi connectivity index (χ3v) is 2.49. The topological polar surface area (TPSA) is 69.9 Å². The molecule has 1 aliphatic rings. The van der Waals surface area contributed by atoms with Crippen LogP contribution in [0.5, 0.6) is 0 Å². The molecule has 3 N–H and O–H groups in total. The Hall–Kier alpha value is -0.160. The van der Waals surface area contributed by atoms with Gasteiger partial charge in [0.15, 0.2) is 6.29 Å². The number of aliphatic hydroxyl groups excluding tert-OH is 3. The Morgan fingerprint density at radius 2 is 2.00 bits per heavy atom. The van der Waals surface area contributed by atoms with Gasteiger partial charge in [0.05, 0.1) is 6.10 Å². The van der Waals surface area contributed by atoms with Gasteiger partial charge in [0.2, 0.25) is 0 Å². The van der Waals surface area contributed by atoms with Crippen LogP contribution in [0.4, 0.5) is 0 Å². The third kappa shape index (κ3) is 1.61. The minimum absolute atomic E-state index is 0.00838. The van der Waals surface area contributed by atoms with Gasteiger partial charge in [0, 0.05) is 18.4 Å². The highest BCUT2D eigenvalue weighted by Gasteiger charge is 2.41. The van der Waals surface area contributed by atoms with Gasteiger partial charge >= 0.3 is 0 Å². The Morgan fingerprint density at radius 3 is 2.33 bits per heavy atom. The summed E-state index contributed by atoms with van der Waals surface area (Å²) in [5.74, 6) is -0.172. The molecule has 1 rings (SSSR count). The van der Waals surface area contributed by atoms with E-state index < -0.39 is 12.4 Å². The Morgan fingerprint density at radius 1 is 1.42 bits per heavy atom. The lowest BCUT2D eigenvalue weighted by molar-refractivity contribution is -0.137. The highest BCUT2D eigenvalue weighted by molar-refractivity contribution is 4.85. The number of hydrogen-bond acceptors (Lipinski definition) is 4. The van der Waals surface area contributed by atoms with Gasteiger partial charge in [-0.05, 0) is 0 Å². The van der Waals surface area contributed by atoms with Crippen molar-refractivity contribution in [2.24, 2.45) is 11.8 Å². The van der Waals surface area contributed by atoms with Crippen molar-refractivity contribution in [3.05, 3.63) is 0 Å². The first-order valence-electron chi connectivity index (χ1n) is 4.20. The molecule has 0 bridgehead atoms. The van der Waals surface area contributed by atoms with E-state index in [0.29, 0.717) is 0 Å². The van der Waals surface area contributed by atoms with E-state index in [1.165, 1.54) is 0 Å². The van der Waals surface area contributed by atoms with Gasteiger partial charge in [-0.1, -0.05) is 13.8 Å². The molecule has 1 saturated heterocycles. The monoisotopic (exact) mass is 176 g/mol. The zero-order valence-electron chi connectivity index (χ0n) is 7.34. The molecule has 0 radical (unpaired) electrons. The maximum Gasteiger partial charge on any atom is 0.181 e. The Bertz CT molecular complexity index is 150. The van der Waals surface area contributed by atoms with Crippen LogP contribution in [0.1, 0.15) is 13.8 Å². The van der Waals surface area contributed by atoms with Crippen molar-refractivity contribution in [2.75, 3.05) is 6.61 Å². The Balaban J connectivity index is 2.58. The highest BCUT2D eigenvalue weighted by atomic mass is 16.6. The van der Waals surface area contributed by atoms with Crippen LogP contribution in [-0.4, -0.2) is 40.4 Å². The summed E-state index contributed by atoms with van der Waals surface area (Å²) in [5.41, 5.74) is 0. The van der Waals surface area contributed by atoms with Gasteiger partial charge in [-0.3, -0.25) is 0 Å². The van der Waals surface area contributed by atoms with Crippen LogP contribution in [0, 0.1) is 11.8 Å². The first-order chi connectivity index (χ1) is 5.57. The summed E-state index contributed by atoms with van der Waals surface area (Å²) in [6.07, 6.45) is -2.18. The van der Waals surface area contributed by atoms with E-state index in [-0.39, 0.29) is 24.5 Å². The molecule has 0 aliphatic carbocycles. The van der Waals surface area contributed by atoms with Crippen molar-refractivity contribution in [2.45, 2.75) is 32.3 Å². The smallest absolute Gasteiger partial charge is 0.181 e. The summed E-state index contributed by atoms with van der Waals surface area (Å²) < 4.78 is 5.08. The van der Waals surface area contributed by atoms with E-state index in [4.69, 9.17) is 14.9 Å². The molecule has 0 aromatic carbocycles. The Labute approximate surface area is 71.8 Å². The van der Waals surface area contributed by atoms with Crippen LogP contribution in [-0.2, 0) is 4.74 Å². The van der Waals surface area contributed by atoms with Crippen molar-refractivity contribution in [3.63, 3.8) is 0 Å². The number of rotatable bonds is 2. The summed E-state index contributed by atoms with van der Waals surface area (Å²) in [6, 6.07) is 0. The summed E-state index contributed by atoms with van der Waals surface area (Å²) in [5, 5.41) is 27.3. The van der Waals surface area contributed by atoms with Crippen molar-refractivity contribution < 1.29 is 20.1 Å². The van der Waals surface area contributed by atoms with Crippen LogP contribution < -0.4 is 0 Å². The molecule has 0 aromatic heterocycles. The Kier molecular flexibility index (Phi) is 3.06. The van der Waals surface area contributed by atoms with Gasteiger partial charge in [0.1, 0.15) is 6.10 Å². The van der Waals surface area contributed by atoms with E-state index in [9.17, 15) is 5.11 Å². The molecule has 1 aliphatic heterocycles.